The lowest BCUT2D eigenvalue weighted by atomic mass is 10.3. The largest absolute Gasteiger partial charge is 0.479 e. The summed E-state index contributed by atoms with van der Waals surface area (Å²) >= 11 is -0.644. The first-order valence-electron chi connectivity index (χ1n) is 3.29. The topological polar surface area (TPSA) is 45.9 Å². The first kappa shape index (κ1) is 10.7. The third-order valence-electron chi connectivity index (χ3n) is 1.07. The first-order chi connectivity index (χ1) is 6.51. The van der Waals surface area contributed by atoms with Crippen LogP contribution in [0.25, 0.3) is 0 Å². The average Bonchev–Trinajstić information content (AvgIpc) is 2.14. The third-order valence-corrected chi connectivity index (χ3v) is 1.54. The maximum absolute atomic E-state index is 11.7. The van der Waals surface area contributed by atoms with E-state index in [1.165, 1.54) is 12.3 Å². The Balaban J connectivity index is 2.65. The predicted octanol–water partition coefficient (Wildman–Crippen LogP) is 2.50. The number of nitriles is 1. The van der Waals surface area contributed by atoms with Crippen molar-refractivity contribution in [3.63, 3.8) is 0 Å². The first-order valence-corrected chi connectivity index (χ1v) is 4.03. The van der Waals surface area contributed by atoms with Crippen LogP contribution >= 0.6 is 12.0 Å². The van der Waals surface area contributed by atoms with Crippen LogP contribution in [0.1, 0.15) is 5.56 Å². The highest BCUT2D eigenvalue weighted by atomic mass is 32.2. The van der Waals surface area contributed by atoms with E-state index in [9.17, 15) is 13.2 Å². The van der Waals surface area contributed by atoms with Gasteiger partial charge in [0.1, 0.15) is 6.07 Å². The van der Waals surface area contributed by atoms with Crippen molar-refractivity contribution in [1.82, 2.24) is 4.98 Å². The summed E-state index contributed by atoms with van der Waals surface area (Å²) in [5.74, 6) is -0.105. The van der Waals surface area contributed by atoms with Gasteiger partial charge in [0.25, 0.3) is 0 Å². The van der Waals surface area contributed by atoms with Crippen molar-refractivity contribution in [1.29, 1.82) is 5.26 Å². The molecule has 1 aromatic rings. The van der Waals surface area contributed by atoms with Gasteiger partial charge in [-0.2, -0.15) is 18.4 Å². The second-order valence-corrected chi connectivity index (χ2v) is 2.93. The molecule has 0 spiro atoms. The summed E-state index contributed by atoms with van der Waals surface area (Å²) in [5, 5.41) is 8.42. The highest BCUT2D eigenvalue weighted by molar-refractivity contribution is 7.95. The van der Waals surface area contributed by atoms with E-state index in [2.05, 4.69) is 9.17 Å². The van der Waals surface area contributed by atoms with Crippen LogP contribution < -0.4 is 4.18 Å². The molecule has 0 unspecified atom stereocenters. The Labute approximate surface area is 81.7 Å². The molecule has 1 heterocycles. The zero-order valence-corrected chi connectivity index (χ0v) is 7.39. The van der Waals surface area contributed by atoms with Crippen LogP contribution in [0.5, 0.6) is 5.75 Å². The SMILES string of the molecule is N#Cc1cncc(OSC(F)(F)F)c1. The molecule has 7 heteroatoms. The Morgan fingerprint density at radius 2 is 2.14 bits per heavy atom. The number of pyridine rings is 1. The molecular weight excluding hydrogens is 217 g/mol. The summed E-state index contributed by atoms with van der Waals surface area (Å²) in [5.41, 5.74) is -4.33. The lowest BCUT2D eigenvalue weighted by molar-refractivity contribution is -0.0369. The fourth-order valence-corrected chi connectivity index (χ4v) is 0.903. The van der Waals surface area contributed by atoms with Crippen molar-refractivity contribution in [2.24, 2.45) is 0 Å². The number of halogens is 3. The van der Waals surface area contributed by atoms with E-state index in [0.717, 1.165) is 6.20 Å². The van der Waals surface area contributed by atoms with Crippen molar-refractivity contribution in [3.05, 3.63) is 24.0 Å². The van der Waals surface area contributed by atoms with Crippen LogP contribution in [0, 0.1) is 11.3 Å². The van der Waals surface area contributed by atoms with Gasteiger partial charge in [0.05, 0.1) is 11.8 Å². The Morgan fingerprint density at radius 1 is 1.43 bits per heavy atom. The molecule has 0 saturated heterocycles. The van der Waals surface area contributed by atoms with Crippen LogP contribution in [-0.2, 0) is 0 Å². The second kappa shape index (κ2) is 4.19. The van der Waals surface area contributed by atoms with Crippen molar-refractivity contribution in [3.8, 4) is 11.8 Å². The van der Waals surface area contributed by atoms with Gasteiger partial charge in [0.15, 0.2) is 17.8 Å². The van der Waals surface area contributed by atoms with Gasteiger partial charge in [-0.25, -0.2) is 0 Å². The molecule has 0 radical (unpaired) electrons. The Bertz CT molecular complexity index is 361. The van der Waals surface area contributed by atoms with Gasteiger partial charge in [-0.15, -0.1) is 0 Å². The van der Waals surface area contributed by atoms with E-state index >= 15 is 0 Å². The van der Waals surface area contributed by atoms with Gasteiger partial charge in [-0.05, 0) is 0 Å². The summed E-state index contributed by atoms with van der Waals surface area (Å²) in [7, 11) is 0. The highest BCUT2D eigenvalue weighted by Crippen LogP contribution is 2.32. The molecule has 0 atom stereocenters. The molecule has 0 N–H and O–H groups in total. The van der Waals surface area contributed by atoms with Gasteiger partial charge in [0.2, 0.25) is 0 Å². The third kappa shape index (κ3) is 3.53. The molecule has 0 aliphatic rings. The van der Waals surface area contributed by atoms with Gasteiger partial charge < -0.3 is 4.18 Å². The molecule has 0 bridgehead atoms. The van der Waals surface area contributed by atoms with Crippen LogP contribution in [0.15, 0.2) is 18.5 Å². The predicted molar refractivity (Wildman–Crippen MR) is 43.2 cm³/mol. The normalized spacial score (nSPS) is 10.7. The number of aromatic nitrogens is 1. The molecular formula is C7H3F3N2OS. The molecule has 0 aliphatic heterocycles. The van der Waals surface area contributed by atoms with Crippen molar-refractivity contribution in [2.45, 2.75) is 5.51 Å². The van der Waals surface area contributed by atoms with E-state index in [-0.39, 0.29) is 11.3 Å². The van der Waals surface area contributed by atoms with Gasteiger partial charge in [0, 0.05) is 12.3 Å². The Morgan fingerprint density at radius 3 is 2.71 bits per heavy atom. The minimum absolute atomic E-state index is 0.105. The molecule has 14 heavy (non-hydrogen) atoms. The lowest BCUT2D eigenvalue weighted by Gasteiger charge is -2.05. The summed E-state index contributed by atoms with van der Waals surface area (Å²) in [6.45, 7) is 0. The maximum atomic E-state index is 11.7. The minimum atomic E-state index is -4.47. The molecule has 0 amide bonds. The quantitative estimate of drug-likeness (QED) is 0.718. The van der Waals surface area contributed by atoms with E-state index in [0.29, 0.717) is 0 Å². The fraction of sp³-hybridized carbons (Fsp3) is 0.143. The summed E-state index contributed by atoms with van der Waals surface area (Å²) in [6, 6.07) is 2.90. The molecule has 74 valence electrons. The van der Waals surface area contributed by atoms with Crippen LogP contribution in [0.3, 0.4) is 0 Å². The van der Waals surface area contributed by atoms with Crippen LogP contribution in [0.2, 0.25) is 0 Å². The number of hydrogen-bond donors (Lipinski definition) is 0. The summed E-state index contributed by atoms with van der Waals surface area (Å²) in [4.78, 5) is 3.53. The number of hydrogen-bond acceptors (Lipinski definition) is 4. The van der Waals surface area contributed by atoms with E-state index < -0.39 is 17.6 Å². The second-order valence-electron chi connectivity index (χ2n) is 2.13. The summed E-state index contributed by atoms with van der Waals surface area (Å²) in [6.07, 6.45) is 2.32. The molecule has 0 aliphatic carbocycles. The molecule has 0 saturated carbocycles. The highest BCUT2D eigenvalue weighted by Gasteiger charge is 2.31. The van der Waals surface area contributed by atoms with Gasteiger partial charge in [-0.1, -0.05) is 0 Å². The number of rotatable bonds is 2. The smallest absolute Gasteiger partial charge is 0.415 e. The van der Waals surface area contributed by atoms with Gasteiger partial charge in [-0.3, -0.25) is 4.98 Å². The van der Waals surface area contributed by atoms with Crippen LogP contribution in [0.4, 0.5) is 13.2 Å². The average molecular weight is 220 g/mol. The number of alkyl halides is 3. The van der Waals surface area contributed by atoms with Crippen molar-refractivity contribution >= 4 is 12.0 Å². The molecule has 1 rings (SSSR count). The zero-order chi connectivity index (χ0) is 10.6. The van der Waals surface area contributed by atoms with E-state index in [1.807, 2.05) is 0 Å². The fourth-order valence-electron chi connectivity index (χ4n) is 0.621. The molecule has 1 aromatic heterocycles. The van der Waals surface area contributed by atoms with Crippen molar-refractivity contribution in [2.75, 3.05) is 0 Å². The molecule has 0 aromatic carbocycles. The standard InChI is InChI=1S/C7H3F3N2OS/c8-7(9,10)14-13-6-1-5(2-11)3-12-4-6/h1,3-4H. The van der Waals surface area contributed by atoms with Crippen LogP contribution in [-0.4, -0.2) is 10.5 Å². The molecule has 0 fully saturated rings. The van der Waals surface area contributed by atoms with Crippen molar-refractivity contribution < 1.29 is 17.4 Å². The molecule has 3 nitrogen and oxygen atoms in total. The van der Waals surface area contributed by atoms with Gasteiger partial charge >= 0.3 is 5.51 Å². The minimum Gasteiger partial charge on any atom is -0.415 e. The van der Waals surface area contributed by atoms with E-state index in [1.54, 1.807) is 6.07 Å². The Kier molecular flexibility index (Phi) is 3.19. The Hall–Kier alpha value is -1.42. The maximum Gasteiger partial charge on any atom is 0.479 e. The number of nitrogens with zero attached hydrogens (tertiary/aromatic N) is 2. The summed E-state index contributed by atoms with van der Waals surface area (Å²) < 4.78 is 39.3. The zero-order valence-electron chi connectivity index (χ0n) is 6.58. The van der Waals surface area contributed by atoms with E-state index in [4.69, 9.17) is 5.26 Å². The monoisotopic (exact) mass is 220 g/mol. The lowest BCUT2D eigenvalue weighted by Crippen LogP contribution is -2.02.